The van der Waals surface area contributed by atoms with Gasteiger partial charge < -0.3 is 14.4 Å². The van der Waals surface area contributed by atoms with Gasteiger partial charge >= 0.3 is 0 Å². The third kappa shape index (κ3) is 10.4. The van der Waals surface area contributed by atoms with Gasteiger partial charge in [0.05, 0.1) is 9.82 Å². The first kappa shape index (κ1) is 38.0. The molecule has 0 aliphatic heterocycles. The second kappa shape index (κ2) is 16.4. The van der Waals surface area contributed by atoms with Crippen LogP contribution in [-0.4, -0.2) is 67.7 Å². The largest absolute Gasteiger partial charge is 0.492 e. The van der Waals surface area contributed by atoms with Gasteiger partial charge in [-0.15, -0.1) is 0 Å². The maximum atomic E-state index is 13.9. The zero-order valence-electron chi connectivity index (χ0n) is 29.3. The molecular weight excluding hydrogens is 690 g/mol. The van der Waals surface area contributed by atoms with Crippen LogP contribution in [0.25, 0.3) is 0 Å². The molecular formula is C39H44ClN3O7S. The molecule has 0 spiro atoms. The van der Waals surface area contributed by atoms with E-state index in [1.165, 1.54) is 34.1 Å². The highest BCUT2D eigenvalue weighted by Gasteiger charge is 2.47. The molecule has 1 saturated carbocycles. The number of hydrogen-bond donors (Lipinski definition) is 0. The molecule has 4 aromatic rings. The lowest BCUT2D eigenvalue weighted by atomic mass is 9.87. The molecule has 1 aliphatic carbocycles. The SMILES string of the molecule is CN(Cc1ccc(Cl)cc1)C[C@@H]1C[C@H]1N(CCOc1ccc(C[C@@H](C=O)Oc2ccc(C(C)(C)C)cc2)cc1)S(=O)(=O)c1ccc([N+](=O)[O-])cc1. The van der Waals surface area contributed by atoms with Gasteiger partial charge in [-0.05, 0) is 90.0 Å². The lowest BCUT2D eigenvalue weighted by Gasteiger charge is -2.24. The van der Waals surface area contributed by atoms with Gasteiger partial charge in [-0.2, -0.15) is 4.31 Å². The summed E-state index contributed by atoms with van der Waals surface area (Å²) in [6.45, 7) is 7.99. The number of benzene rings is 4. The first-order chi connectivity index (χ1) is 24.2. The third-order valence-corrected chi connectivity index (χ3v) is 11.1. The minimum atomic E-state index is -3.98. The van der Waals surface area contributed by atoms with Crippen molar-refractivity contribution >= 4 is 33.6 Å². The molecule has 0 saturated heterocycles. The Hall–Kier alpha value is -4.29. The van der Waals surface area contributed by atoms with E-state index in [2.05, 4.69) is 25.7 Å². The van der Waals surface area contributed by atoms with Crippen LogP contribution in [0.1, 0.15) is 43.9 Å². The molecule has 0 unspecified atom stereocenters. The minimum Gasteiger partial charge on any atom is -0.492 e. The van der Waals surface area contributed by atoms with Crippen LogP contribution in [0.3, 0.4) is 0 Å². The van der Waals surface area contributed by atoms with Crippen LogP contribution in [0, 0.1) is 16.0 Å². The van der Waals surface area contributed by atoms with E-state index < -0.39 is 21.1 Å². The summed E-state index contributed by atoms with van der Waals surface area (Å²) in [6, 6.07) is 27.4. The van der Waals surface area contributed by atoms with Crippen molar-refractivity contribution in [1.82, 2.24) is 9.21 Å². The number of nitrogens with zero attached hydrogens (tertiary/aromatic N) is 3. The third-order valence-electron chi connectivity index (χ3n) is 8.92. The first-order valence-corrected chi connectivity index (χ1v) is 18.7. The number of rotatable bonds is 17. The molecule has 0 aromatic heterocycles. The van der Waals surface area contributed by atoms with Gasteiger partial charge in [-0.1, -0.05) is 68.8 Å². The molecule has 1 aliphatic rings. The molecule has 270 valence electrons. The number of halogens is 1. The van der Waals surface area contributed by atoms with Crippen molar-refractivity contribution in [2.45, 2.75) is 62.6 Å². The van der Waals surface area contributed by atoms with Crippen molar-refractivity contribution in [3.05, 3.63) is 129 Å². The van der Waals surface area contributed by atoms with Crippen LogP contribution in [0.2, 0.25) is 5.02 Å². The summed E-state index contributed by atoms with van der Waals surface area (Å²) in [4.78, 5) is 24.6. The normalized spacial score (nSPS) is 16.5. The van der Waals surface area contributed by atoms with Gasteiger partial charge in [0.2, 0.25) is 10.0 Å². The van der Waals surface area contributed by atoms with Crippen molar-refractivity contribution in [3.63, 3.8) is 0 Å². The smallest absolute Gasteiger partial charge is 0.269 e. The molecule has 1 fully saturated rings. The van der Waals surface area contributed by atoms with Gasteiger partial charge in [0.1, 0.15) is 18.1 Å². The number of carbonyl (C=O) groups excluding carboxylic acids is 1. The van der Waals surface area contributed by atoms with E-state index in [9.17, 15) is 23.3 Å². The Morgan fingerprint density at radius 1 is 0.922 bits per heavy atom. The molecule has 0 heterocycles. The van der Waals surface area contributed by atoms with Gasteiger partial charge in [0.25, 0.3) is 5.69 Å². The fourth-order valence-electron chi connectivity index (χ4n) is 6.02. The summed E-state index contributed by atoms with van der Waals surface area (Å²) in [6.07, 6.45) is 1.20. The average Bonchev–Trinajstić information content (AvgIpc) is 3.85. The molecule has 0 N–H and O–H groups in total. The zero-order valence-corrected chi connectivity index (χ0v) is 30.8. The Bertz CT molecular complexity index is 1880. The molecule has 0 bridgehead atoms. The zero-order chi connectivity index (χ0) is 36.8. The summed E-state index contributed by atoms with van der Waals surface area (Å²) in [5.41, 5.74) is 3.00. The topological polar surface area (TPSA) is 119 Å². The van der Waals surface area contributed by atoms with Crippen LogP contribution in [-0.2, 0) is 33.2 Å². The monoisotopic (exact) mass is 733 g/mol. The van der Waals surface area contributed by atoms with Gasteiger partial charge in [0, 0.05) is 49.3 Å². The summed E-state index contributed by atoms with van der Waals surface area (Å²) in [5, 5.41) is 11.9. The van der Waals surface area contributed by atoms with E-state index in [0.717, 1.165) is 17.4 Å². The average molecular weight is 734 g/mol. The molecule has 0 amide bonds. The van der Waals surface area contributed by atoms with Crippen LogP contribution >= 0.6 is 11.6 Å². The Labute approximate surface area is 305 Å². The maximum Gasteiger partial charge on any atom is 0.269 e. The van der Waals surface area contributed by atoms with E-state index in [0.29, 0.717) is 42.5 Å². The second-order valence-corrected chi connectivity index (χ2v) is 16.3. The van der Waals surface area contributed by atoms with Crippen molar-refractivity contribution in [3.8, 4) is 11.5 Å². The predicted octanol–water partition coefficient (Wildman–Crippen LogP) is 7.32. The number of nitro benzene ring substituents is 1. The van der Waals surface area contributed by atoms with Crippen LogP contribution in [0.5, 0.6) is 11.5 Å². The molecule has 0 radical (unpaired) electrons. The molecule has 51 heavy (non-hydrogen) atoms. The predicted molar refractivity (Wildman–Crippen MR) is 198 cm³/mol. The summed E-state index contributed by atoms with van der Waals surface area (Å²) in [7, 11) is -1.98. The standard InChI is InChI=1S/C39H44ClN3O7S/c1-39(2,3)31-9-17-35(18-10-31)50-36(27-44)23-28-7-15-34(16-8-28)49-22-21-42(51(47,48)37-19-13-33(14-20-37)43(45)46)38-24-30(38)26-41(4)25-29-5-11-32(40)12-6-29/h5-20,27,30,36,38H,21-26H2,1-4H3/t30-,36-,38+/m0/s1. The number of sulfonamides is 1. The van der Waals surface area contributed by atoms with Crippen LogP contribution in [0.15, 0.2) is 102 Å². The van der Waals surface area contributed by atoms with E-state index in [4.69, 9.17) is 21.1 Å². The number of nitro groups is 1. The van der Waals surface area contributed by atoms with Crippen molar-refractivity contribution < 1.29 is 27.6 Å². The lowest BCUT2D eigenvalue weighted by Crippen LogP contribution is -2.38. The first-order valence-electron chi connectivity index (χ1n) is 16.9. The fourth-order valence-corrected chi connectivity index (χ4v) is 7.83. The van der Waals surface area contributed by atoms with Crippen molar-refractivity contribution in [2.75, 3.05) is 26.7 Å². The number of ether oxygens (including phenoxy) is 2. The highest BCUT2D eigenvalue weighted by molar-refractivity contribution is 7.89. The highest BCUT2D eigenvalue weighted by Crippen LogP contribution is 2.39. The van der Waals surface area contributed by atoms with Gasteiger partial charge in [0.15, 0.2) is 12.4 Å². The Morgan fingerprint density at radius 2 is 1.53 bits per heavy atom. The quantitative estimate of drug-likeness (QED) is 0.0629. The van der Waals surface area contributed by atoms with Crippen molar-refractivity contribution in [1.29, 1.82) is 0 Å². The lowest BCUT2D eigenvalue weighted by molar-refractivity contribution is -0.384. The van der Waals surface area contributed by atoms with Gasteiger partial charge in [-0.25, -0.2) is 8.42 Å². The second-order valence-electron chi connectivity index (χ2n) is 14.0. The summed E-state index contributed by atoms with van der Waals surface area (Å²) >= 11 is 6.03. The van der Waals surface area contributed by atoms with E-state index in [1.54, 1.807) is 12.1 Å². The molecule has 4 aromatic carbocycles. The van der Waals surface area contributed by atoms with E-state index in [-0.39, 0.29) is 41.1 Å². The van der Waals surface area contributed by atoms with Crippen LogP contribution < -0.4 is 9.47 Å². The highest BCUT2D eigenvalue weighted by atomic mass is 35.5. The number of carbonyl (C=O) groups is 1. The number of non-ortho nitro benzene ring substituents is 1. The Morgan fingerprint density at radius 3 is 2.12 bits per heavy atom. The van der Waals surface area contributed by atoms with Crippen LogP contribution in [0.4, 0.5) is 5.69 Å². The van der Waals surface area contributed by atoms with E-state index >= 15 is 0 Å². The summed E-state index contributed by atoms with van der Waals surface area (Å²) in [5.74, 6) is 1.29. The Balaban J connectivity index is 1.20. The van der Waals surface area contributed by atoms with Crippen molar-refractivity contribution in [2.24, 2.45) is 5.92 Å². The Kier molecular flexibility index (Phi) is 12.2. The van der Waals surface area contributed by atoms with Gasteiger partial charge in [-0.3, -0.25) is 14.9 Å². The molecule has 12 heteroatoms. The maximum absolute atomic E-state index is 13.9. The summed E-state index contributed by atoms with van der Waals surface area (Å²) < 4.78 is 41.2. The van der Waals surface area contributed by atoms with E-state index in [1.807, 2.05) is 67.7 Å². The molecule has 10 nitrogen and oxygen atoms in total. The molecule has 5 rings (SSSR count). The number of aldehydes is 1. The minimum absolute atomic E-state index is 0.00489. The fraction of sp³-hybridized carbons (Fsp3) is 0.359. The number of hydrogen-bond acceptors (Lipinski definition) is 8. The molecule has 3 atom stereocenters.